The summed E-state index contributed by atoms with van der Waals surface area (Å²) in [6.07, 6.45) is 2.74. The molecule has 0 saturated heterocycles. The molecule has 0 spiro atoms. The SMILES string of the molecule is O=C(c1nccc2cccnc12)P(=O)(O)O. The van der Waals surface area contributed by atoms with Crippen LogP contribution in [0, 0.1) is 0 Å². The molecule has 0 bridgehead atoms. The summed E-state index contributed by atoms with van der Waals surface area (Å²) in [7, 11) is -4.82. The minimum Gasteiger partial charge on any atom is -0.319 e. The predicted octanol–water partition coefficient (Wildman–Crippen LogP) is 0.948. The van der Waals surface area contributed by atoms with Crippen LogP contribution in [0.25, 0.3) is 10.9 Å². The van der Waals surface area contributed by atoms with Crippen molar-refractivity contribution in [2.75, 3.05) is 0 Å². The zero-order valence-corrected chi connectivity index (χ0v) is 8.83. The molecule has 2 heterocycles. The van der Waals surface area contributed by atoms with Crippen molar-refractivity contribution in [1.29, 1.82) is 0 Å². The van der Waals surface area contributed by atoms with E-state index in [-0.39, 0.29) is 11.2 Å². The molecule has 6 nitrogen and oxygen atoms in total. The van der Waals surface area contributed by atoms with E-state index in [1.165, 1.54) is 12.4 Å². The van der Waals surface area contributed by atoms with Gasteiger partial charge in [-0.25, -0.2) is 0 Å². The number of fused-ring (bicyclic) bond motifs is 1. The number of carbonyl (C=O) groups excluding carboxylic acids is 1. The molecular formula is C9H7N2O4P. The van der Waals surface area contributed by atoms with Crippen LogP contribution in [-0.2, 0) is 4.57 Å². The van der Waals surface area contributed by atoms with Gasteiger partial charge in [-0.15, -0.1) is 0 Å². The third-order valence-corrected chi connectivity index (χ3v) is 2.73. The fourth-order valence-electron chi connectivity index (χ4n) is 1.30. The summed E-state index contributed by atoms with van der Waals surface area (Å²) < 4.78 is 10.9. The lowest BCUT2D eigenvalue weighted by Gasteiger charge is -2.04. The van der Waals surface area contributed by atoms with E-state index in [4.69, 9.17) is 9.79 Å². The first-order valence-electron chi connectivity index (χ1n) is 4.30. The van der Waals surface area contributed by atoms with Gasteiger partial charge in [-0.3, -0.25) is 19.3 Å². The van der Waals surface area contributed by atoms with Gasteiger partial charge in [0.05, 0.1) is 0 Å². The number of carbonyl (C=O) groups is 1. The second-order valence-electron chi connectivity index (χ2n) is 3.08. The second kappa shape index (κ2) is 3.75. The zero-order chi connectivity index (χ0) is 11.8. The van der Waals surface area contributed by atoms with Crippen LogP contribution < -0.4 is 0 Å². The van der Waals surface area contributed by atoms with E-state index in [1.807, 2.05) is 0 Å². The number of hydrogen-bond donors (Lipinski definition) is 2. The number of rotatable bonds is 2. The van der Waals surface area contributed by atoms with Crippen molar-refractivity contribution in [1.82, 2.24) is 9.97 Å². The first-order chi connectivity index (χ1) is 7.50. The average Bonchev–Trinajstić information content (AvgIpc) is 2.26. The van der Waals surface area contributed by atoms with Crippen molar-refractivity contribution in [2.24, 2.45) is 0 Å². The Morgan fingerprint density at radius 1 is 1.19 bits per heavy atom. The molecule has 2 rings (SSSR count). The van der Waals surface area contributed by atoms with Gasteiger partial charge in [0.1, 0.15) is 11.2 Å². The first kappa shape index (κ1) is 10.9. The lowest BCUT2D eigenvalue weighted by atomic mass is 10.2. The van der Waals surface area contributed by atoms with Crippen LogP contribution in [0.2, 0.25) is 0 Å². The molecule has 0 aliphatic rings. The summed E-state index contributed by atoms with van der Waals surface area (Å²) in [5.74, 6) is 0. The van der Waals surface area contributed by atoms with Crippen LogP contribution in [0.5, 0.6) is 0 Å². The molecule has 7 heteroatoms. The molecule has 0 saturated carbocycles. The van der Waals surface area contributed by atoms with Crippen LogP contribution in [0.3, 0.4) is 0 Å². The van der Waals surface area contributed by atoms with E-state index >= 15 is 0 Å². The first-order valence-corrected chi connectivity index (χ1v) is 5.91. The smallest absolute Gasteiger partial charge is 0.319 e. The van der Waals surface area contributed by atoms with Crippen molar-refractivity contribution in [3.63, 3.8) is 0 Å². The highest BCUT2D eigenvalue weighted by Crippen LogP contribution is 2.39. The van der Waals surface area contributed by atoms with Crippen molar-refractivity contribution in [2.45, 2.75) is 0 Å². The minimum atomic E-state index is -4.82. The summed E-state index contributed by atoms with van der Waals surface area (Å²) in [4.78, 5) is 36.6. The molecule has 0 fully saturated rings. The summed E-state index contributed by atoms with van der Waals surface area (Å²) in [5, 5.41) is 0.606. The van der Waals surface area contributed by atoms with Gasteiger partial charge in [-0.1, -0.05) is 6.07 Å². The maximum absolute atomic E-state index is 11.4. The zero-order valence-electron chi connectivity index (χ0n) is 7.94. The Bertz CT molecular complexity index is 602. The van der Waals surface area contributed by atoms with Crippen molar-refractivity contribution in [3.05, 3.63) is 36.3 Å². The predicted molar refractivity (Wildman–Crippen MR) is 55.9 cm³/mol. The molecule has 2 N–H and O–H groups in total. The normalized spacial score (nSPS) is 11.6. The third kappa shape index (κ3) is 1.86. The van der Waals surface area contributed by atoms with E-state index in [2.05, 4.69) is 9.97 Å². The fourth-order valence-corrected chi connectivity index (χ4v) is 1.74. The Balaban J connectivity index is 2.71. The Hall–Kier alpha value is -1.62. The van der Waals surface area contributed by atoms with Crippen LogP contribution in [-0.4, -0.2) is 25.3 Å². The standard InChI is InChI=1S/C9H7N2O4P/c12-9(16(13,14)15)8-7-6(3-5-11-8)2-1-4-10-7/h1-5H,(H2,13,14,15). The summed E-state index contributed by atoms with van der Waals surface area (Å²) >= 11 is 0. The largest absolute Gasteiger partial charge is 0.398 e. The Morgan fingerprint density at radius 2 is 1.94 bits per heavy atom. The van der Waals surface area contributed by atoms with Gasteiger partial charge >= 0.3 is 7.60 Å². The van der Waals surface area contributed by atoms with Gasteiger partial charge < -0.3 is 9.79 Å². The lowest BCUT2D eigenvalue weighted by molar-refractivity contribution is 0.103. The Kier molecular flexibility index (Phi) is 2.55. The number of pyridine rings is 2. The van der Waals surface area contributed by atoms with Gasteiger partial charge in [0.2, 0.25) is 0 Å². The molecule has 0 aliphatic carbocycles. The second-order valence-corrected chi connectivity index (χ2v) is 4.58. The molecule has 0 unspecified atom stereocenters. The summed E-state index contributed by atoms with van der Waals surface area (Å²) in [6, 6.07) is 4.95. The highest BCUT2D eigenvalue weighted by molar-refractivity contribution is 7.70. The molecule has 16 heavy (non-hydrogen) atoms. The molecule has 2 aromatic heterocycles. The van der Waals surface area contributed by atoms with Gasteiger partial charge in [0, 0.05) is 17.8 Å². The highest BCUT2D eigenvalue weighted by Gasteiger charge is 2.30. The molecular weight excluding hydrogens is 231 g/mol. The summed E-state index contributed by atoms with van der Waals surface area (Å²) in [5.41, 5.74) is -1.42. The molecule has 0 amide bonds. The van der Waals surface area contributed by atoms with Crippen molar-refractivity contribution >= 4 is 24.0 Å². The number of hydrogen-bond acceptors (Lipinski definition) is 4. The van der Waals surface area contributed by atoms with E-state index in [0.717, 1.165) is 0 Å². The molecule has 0 atom stereocenters. The van der Waals surface area contributed by atoms with E-state index < -0.39 is 13.1 Å². The van der Waals surface area contributed by atoms with Crippen LogP contribution in [0.15, 0.2) is 30.6 Å². The van der Waals surface area contributed by atoms with E-state index in [0.29, 0.717) is 5.39 Å². The van der Waals surface area contributed by atoms with Gasteiger partial charge in [0.15, 0.2) is 0 Å². The van der Waals surface area contributed by atoms with Gasteiger partial charge in [-0.05, 0) is 12.1 Å². The van der Waals surface area contributed by atoms with Gasteiger partial charge in [-0.2, -0.15) is 0 Å². The number of nitrogens with zero attached hydrogens (tertiary/aromatic N) is 2. The molecule has 2 aromatic rings. The summed E-state index contributed by atoms with van der Waals surface area (Å²) in [6.45, 7) is 0. The third-order valence-electron chi connectivity index (χ3n) is 1.99. The van der Waals surface area contributed by atoms with Crippen molar-refractivity contribution < 1.29 is 19.1 Å². The Morgan fingerprint density at radius 3 is 2.62 bits per heavy atom. The van der Waals surface area contributed by atoms with E-state index in [9.17, 15) is 9.36 Å². The highest BCUT2D eigenvalue weighted by atomic mass is 31.2. The molecule has 0 radical (unpaired) electrons. The molecule has 0 aromatic carbocycles. The molecule has 0 aliphatic heterocycles. The van der Waals surface area contributed by atoms with Crippen LogP contribution in [0.1, 0.15) is 10.5 Å². The minimum absolute atomic E-state index is 0.193. The van der Waals surface area contributed by atoms with Crippen LogP contribution >= 0.6 is 7.60 Å². The van der Waals surface area contributed by atoms with Crippen molar-refractivity contribution in [3.8, 4) is 0 Å². The average molecular weight is 238 g/mol. The quantitative estimate of drug-likeness (QED) is 0.755. The Labute approximate surface area is 90.1 Å². The van der Waals surface area contributed by atoms with E-state index in [1.54, 1.807) is 18.2 Å². The van der Waals surface area contributed by atoms with Gasteiger partial charge in [0.25, 0.3) is 5.52 Å². The lowest BCUT2D eigenvalue weighted by Crippen LogP contribution is -2.04. The number of aromatic nitrogens is 2. The molecule has 82 valence electrons. The topological polar surface area (TPSA) is 100 Å². The maximum atomic E-state index is 11.4. The maximum Gasteiger partial charge on any atom is 0.398 e. The van der Waals surface area contributed by atoms with Crippen LogP contribution in [0.4, 0.5) is 0 Å². The fraction of sp³-hybridized carbons (Fsp3) is 0. The monoisotopic (exact) mass is 238 g/mol.